The molecule has 1 aliphatic rings. The molecule has 20 heavy (non-hydrogen) atoms. The lowest BCUT2D eigenvalue weighted by atomic mass is 9.86. The molecular formula is C17H26N2O. The van der Waals surface area contributed by atoms with Crippen LogP contribution in [-0.2, 0) is 16.6 Å². The predicted molar refractivity (Wildman–Crippen MR) is 82.8 cm³/mol. The van der Waals surface area contributed by atoms with Crippen molar-refractivity contribution in [3.63, 3.8) is 0 Å². The number of carbonyl (C=O) groups is 1. The highest BCUT2D eigenvalue weighted by Gasteiger charge is 2.17. The zero-order valence-corrected chi connectivity index (χ0v) is 12.8. The Bertz CT molecular complexity index is 441. The van der Waals surface area contributed by atoms with Crippen LogP contribution >= 0.6 is 0 Å². The fourth-order valence-electron chi connectivity index (χ4n) is 2.27. The maximum Gasteiger partial charge on any atom is 0.220 e. The molecule has 0 spiro atoms. The Morgan fingerprint density at radius 1 is 1.25 bits per heavy atom. The normalized spacial score (nSPS) is 15.8. The zero-order chi connectivity index (χ0) is 14.6. The van der Waals surface area contributed by atoms with Crippen molar-refractivity contribution >= 4 is 5.91 Å². The molecule has 110 valence electrons. The highest BCUT2D eigenvalue weighted by atomic mass is 16.1. The van der Waals surface area contributed by atoms with Crippen LogP contribution < -0.4 is 10.6 Å². The molecule has 0 atom stereocenters. The van der Waals surface area contributed by atoms with Crippen molar-refractivity contribution in [3.8, 4) is 0 Å². The van der Waals surface area contributed by atoms with Crippen LogP contribution in [0.2, 0.25) is 0 Å². The minimum absolute atomic E-state index is 0.164. The zero-order valence-electron chi connectivity index (χ0n) is 12.8. The number of hydrogen-bond acceptors (Lipinski definition) is 2. The van der Waals surface area contributed by atoms with Crippen LogP contribution in [0.15, 0.2) is 24.3 Å². The summed E-state index contributed by atoms with van der Waals surface area (Å²) in [4.78, 5) is 11.8. The Labute approximate surface area is 122 Å². The van der Waals surface area contributed by atoms with Crippen molar-refractivity contribution in [2.75, 3.05) is 19.6 Å². The number of amides is 1. The summed E-state index contributed by atoms with van der Waals surface area (Å²) in [6.07, 6.45) is 1.40. The molecule has 1 fully saturated rings. The lowest BCUT2D eigenvalue weighted by Crippen LogP contribution is -2.48. The third kappa shape index (κ3) is 4.34. The van der Waals surface area contributed by atoms with Gasteiger partial charge in [-0.1, -0.05) is 45.0 Å². The topological polar surface area (TPSA) is 41.1 Å². The number of carbonyl (C=O) groups excluding carboxylic acids is 1. The van der Waals surface area contributed by atoms with Crippen molar-refractivity contribution in [3.05, 3.63) is 35.4 Å². The van der Waals surface area contributed by atoms with E-state index in [2.05, 4.69) is 55.7 Å². The maximum atomic E-state index is 11.8. The summed E-state index contributed by atoms with van der Waals surface area (Å²) in [5.74, 6) is 0.793. The Hall–Kier alpha value is -1.35. The van der Waals surface area contributed by atoms with Gasteiger partial charge in [0.05, 0.1) is 0 Å². The summed E-state index contributed by atoms with van der Waals surface area (Å²) in [5, 5.41) is 6.22. The number of nitrogens with one attached hydrogen (secondary N) is 2. The van der Waals surface area contributed by atoms with E-state index >= 15 is 0 Å². The van der Waals surface area contributed by atoms with E-state index in [1.54, 1.807) is 0 Å². The van der Waals surface area contributed by atoms with E-state index in [-0.39, 0.29) is 11.3 Å². The number of aryl methyl sites for hydroxylation is 1. The maximum absolute atomic E-state index is 11.8. The van der Waals surface area contributed by atoms with Crippen molar-refractivity contribution in [1.29, 1.82) is 0 Å². The molecule has 0 aliphatic carbocycles. The summed E-state index contributed by atoms with van der Waals surface area (Å²) in [6, 6.07) is 8.63. The Morgan fingerprint density at radius 3 is 2.40 bits per heavy atom. The fraction of sp³-hybridized carbons (Fsp3) is 0.588. The third-order valence-corrected chi connectivity index (χ3v) is 3.91. The first-order chi connectivity index (χ1) is 9.45. The van der Waals surface area contributed by atoms with Crippen LogP contribution in [0.4, 0.5) is 0 Å². The molecule has 0 unspecified atom stereocenters. The van der Waals surface area contributed by atoms with Gasteiger partial charge >= 0.3 is 0 Å². The van der Waals surface area contributed by atoms with Gasteiger partial charge in [0.15, 0.2) is 0 Å². The molecule has 2 N–H and O–H groups in total. The molecule has 2 rings (SSSR count). The van der Waals surface area contributed by atoms with Crippen LogP contribution in [0.1, 0.15) is 38.3 Å². The van der Waals surface area contributed by atoms with Gasteiger partial charge in [-0.15, -0.1) is 0 Å². The van der Waals surface area contributed by atoms with Crippen molar-refractivity contribution in [2.45, 2.75) is 39.0 Å². The number of rotatable bonds is 5. The highest BCUT2D eigenvalue weighted by Crippen LogP contribution is 2.22. The molecule has 3 heteroatoms. The molecule has 0 bridgehead atoms. The van der Waals surface area contributed by atoms with Gasteiger partial charge < -0.3 is 10.6 Å². The average molecular weight is 274 g/mol. The Morgan fingerprint density at radius 2 is 1.90 bits per heavy atom. The van der Waals surface area contributed by atoms with E-state index < -0.39 is 0 Å². The van der Waals surface area contributed by atoms with Gasteiger partial charge in [0, 0.05) is 32.0 Å². The van der Waals surface area contributed by atoms with Crippen molar-refractivity contribution in [1.82, 2.24) is 10.6 Å². The minimum Gasteiger partial charge on any atom is -0.356 e. The second-order valence-electron chi connectivity index (χ2n) is 6.78. The first-order valence-electron chi connectivity index (χ1n) is 7.52. The lowest BCUT2D eigenvalue weighted by Gasteiger charge is -2.27. The smallest absolute Gasteiger partial charge is 0.220 e. The SMILES string of the molecule is CC(C)(C)c1ccc(CCC(=O)NCC2CNC2)cc1. The number of benzene rings is 1. The van der Waals surface area contributed by atoms with Gasteiger partial charge in [-0.2, -0.15) is 0 Å². The first kappa shape index (κ1) is 15.0. The summed E-state index contributed by atoms with van der Waals surface area (Å²) < 4.78 is 0. The molecular weight excluding hydrogens is 248 g/mol. The minimum atomic E-state index is 0.164. The molecule has 1 heterocycles. The van der Waals surface area contributed by atoms with E-state index in [1.165, 1.54) is 11.1 Å². The molecule has 0 radical (unpaired) electrons. The molecule has 3 nitrogen and oxygen atoms in total. The van der Waals surface area contributed by atoms with Crippen LogP contribution in [0, 0.1) is 5.92 Å². The van der Waals surface area contributed by atoms with Crippen LogP contribution in [0.3, 0.4) is 0 Å². The first-order valence-corrected chi connectivity index (χ1v) is 7.52. The standard InChI is InChI=1S/C17H26N2O/c1-17(2,3)15-7-4-13(5-8-15)6-9-16(20)19-12-14-10-18-11-14/h4-5,7-8,14,18H,6,9-12H2,1-3H3,(H,19,20). The van der Waals surface area contributed by atoms with Gasteiger partial charge in [0.1, 0.15) is 0 Å². The lowest BCUT2D eigenvalue weighted by molar-refractivity contribution is -0.121. The van der Waals surface area contributed by atoms with E-state index in [0.29, 0.717) is 12.3 Å². The van der Waals surface area contributed by atoms with Gasteiger partial charge in [-0.05, 0) is 23.0 Å². The summed E-state index contributed by atoms with van der Waals surface area (Å²) >= 11 is 0. The monoisotopic (exact) mass is 274 g/mol. The van der Waals surface area contributed by atoms with E-state index in [0.717, 1.165) is 26.1 Å². The molecule has 1 aromatic rings. The van der Waals surface area contributed by atoms with E-state index in [1.807, 2.05) is 0 Å². The summed E-state index contributed by atoms with van der Waals surface area (Å²) in [7, 11) is 0. The third-order valence-electron chi connectivity index (χ3n) is 3.91. The average Bonchev–Trinajstić information content (AvgIpc) is 2.34. The van der Waals surface area contributed by atoms with Gasteiger partial charge in [0.2, 0.25) is 5.91 Å². The van der Waals surface area contributed by atoms with Crippen molar-refractivity contribution < 1.29 is 4.79 Å². The van der Waals surface area contributed by atoms with Crippen LogP contribution in [0.5, 0.6) is 0 Å². The largest absolute Gasteiger partial charge is 0.356 e. The number of hydrogen-bond donors (Lipinski definition) is 2. The van der Waals surface area contributed by atoms with Crippen molar-refractivity contribution in [2.24, 2.45) is 5.92 Å². The molecule has 1 amide bonds. The summed E-state index contributed by atoms with van der Waals surface area (Å²) in [6.45, 7) is 9.53. The Kier molecular flexibility index (Phi) is 4.81. The Balaban J connectivity index is 1.74. The van der Waals surface area contributed by atoms with Gasteiger partial charge in [0.25, 0.3) is 0 Å². The molecule has 1 saturated heterocycles. The van der Waals surface area contributed by atoms with Crippen LogP contribution in [0.25, 0.3) is 0 Å². The van der Waals surface area contributed by atoms with E-state index in [4.69, 9.17) is 0 Å². The molecule has 0 saturated carbocycles. The van der Waals surface area contributed by atoms with Gasteiger partial charge in [-0.3, -0.25) is 4.79 Å². The fourth-order valence-corrected chi connectivity index (χ4v) is 2.27. The quantitative estimate of drug-likeness (QED) is 0.864. The molecule has 1 aromatic carbocycles. The predicted octanol–water partition coefficient (Wildman–Crippen LogP) is 2.25. The second kappa shape index (κ2) is 6.40. The second-order valence-corrected chi connectivity index (χ2v) is 6.78. The highest BCUT2D eigenvalue weighted by molar-refractivity contribution is 5.76. The molecule has 0 aromatic heterocycles. The molecule has 1 aliphatic heterocycles. The van der Waals surface area contributed by atoms with Gasteiger partial charge in [-0.25, -0.2) is 0 Å². The van der Waals surface area contributed by atoms with Crippen LogP contribution in [-0.4, -0.2) is 25.5 Å². The summed E-state index contributed by atoms with van der Waals surface area (Å²) in [5.41, 5.74) is 2.76. The van der Waals surface area contributed by atoms with E-state index in [9.17, 15) is 4.79 Å².